The molecule has 3 rings (SSSR count). The van der Waals surface area contributed by atoms with Crippen molar-refractivity contribution < 1.29 is 19.1 Å². The molecule has 8 nitrogen and oxygen atoms in total. The predicted octanol–water partition coefficient (Wildman–Crippen LogP) is 2.87. The smallest absolute Gasteiger partial charge is 0.257 e. The quantitative estimate of drug-likeness (QED) is 0.658. The van der Waals surface area contributed by atoms with E-state index in [0.29, 0.717) is 28.4 Å². The lowest BCUT2D eigenvalue weighted by Crippen LogP contribution is -2.47. The van der Waals surface area contributed by atoms with E-state index in [9.17, 15) is 9.59 Å². The number of rotatable bonds is 7. The summed E-state index contributed by atoms with van der Waals surface area (Å²) < 4.78 is 10.7. The van der Waals surface area contributed by atoms with Crippen molar-refractivity contribution >= 4 is 35.6 Å². The van der Waals surface area contributed by atoms with Crippen LogP contribution in [0.1, 0.15) is 15.9 Å². The largest absolute Gasteiger partial charge is 0.493 e. The third kappa shape index (κ3) is 6.59. The summed E-state index contributed by atoms with van der Waals surface area (Å²) in [6.45, 7) is 5.75. The number of likely N-dealkylation sites (N-methyl/N-ethyl adjacent to an activating group) is 1. The van der Waals surface area contributed by atoms with Crippen LogP contribution in [0, 0.1) is 6.92 Å². The predicted molar refractivity (Wildman–Crippen MR) is 128 cm³/mol. The Morgan fingerprint density at radius 1 is 0.938 bits per heavy atom. The lowest BCUT2D eigenvalue weighted by Gasteiger charge is -2.31. The van der Waals surface area contributed by atoms with Gasteiger partial charge in [-0.2, -0.15) is 0 Å². The van der Waals surface area contributed by atoms with Crippen LogP contribution < -0.4 is 20.1 Å². The number of halogens is 1. The van der Waals surface area contributed by atoms with Crippen molar-refractivity contribution in [2.75, 3.05) is 64.6 Å². The number of carbonyl (C=O) groups excluding carboxylic acids is 2. The van der Waals surface area contributed by atoms with Gasteiger partial charge in [0.15, 0.2) is 11.5 Å². The maximum atomic E-state index is 13.0. The van der Waals surface area contributed by atoms with E-state index in [1.807, 2.05) is 31.2 Å². The molecule has 2 amide bonds. The Bertz CT molecular complexity index is 928. The van der Waals surface area contributed by atoms with Crippen LogP contribution in [0.5, 0.6) is 11.5 Å². The number of benzene rings is 2. The maximum Gasteiger partial charge on any atom is 0.257 e. The third-order valence-corrected chi connectivity index (χ3v) is 5.31. The van der Waals surface area contributed by atoms with Crippen LogP contribution in [0.2, 0.25) is 0 Å². The van der Waals surface area contributed by atoms with Crippen LogP contribution >= 0.6 is 12.4 Å². The van der Waals surface area contributed by atoms with E-state index in [1.165, 1.54) is 14.2 Å². The summed E-state index contributed by atoms with van der Waals surface area (Å²) in [5, 5.41) is 5.75. The Hall–Kier alpha value is -2.81. The zero-order valence-electron chi connectivity index (χ0n) is 18.9. The Labute approximate surface area is 195 Å². The fourth-order valence-corrected chi connectivity index (χ4v) is 3.40. The highest BCUT2D eigenvalue weighted by Gasteiger charge is 2.21. The molecule has 1 aliphatic rings. The first kappa shape index (κ1) is 25.5. The van der Waals surface area contributed by atoms with Gasteiger partial charge in [-0.3, -0.25) is 14.5 Å². The van der Waals surface area contributed by atoms with Gasteiger partial charge in [0, 0.05) is 37.9 Å². The molecule has 0 aliphatic carbocycles. The number of piperazine rings is 1. The molecule has 174 valence electrons. The maximum absolute atomic E-state index is 13.0. The molecule has 2 aromatic carbocycles. The highest BCUT2D eigenvalue weighted by molar-refractivity contribution is 6.10. The van der Waals surface area contributed by atoms with Crippen molar-refractivity contribution in [1.82, 2.24) is 9.80 Å². The van der Waals surface area contributed by atoms with Gasteiger partial charge in [0.1, 0.15) is 0 Å². The minimum atomic E-state index is -0.347. The lowest BCUT2D eigenvalue weighted by atomic mass is 10.1. The van der Waals surface area contributed by atoms with Crippen molar-refractivity contribution in [3.8, 4) is 11.5 Å². The van der Waals surface area contributed by atoms with E-state index < -0.39 is 0 Å². The van der Waals surface area contributed by atoms with Crippen molar-refractivity contribution in [2.45, 2.75) is 6.92 Å². The summed E-state index contributed by atoms with van der Waals surface area (Å²) in [5.41, 5.74) is 2.44. The number of carbonyl (C=O) groups is 2. The van der Waals surface area contributed by atoms with Crippen LogP contribution in [-0.2, 0) is 4.79 Å². The normalized spacial score (nSPS) is 14.2. The van der Waals surface area contributed by atoms with Gasteiger partial charge in [0.25, 0.3) is 5.91 Å². The highest BCUT2D eigenvalue weighted by atomic mass is 35.5. The minimum Gasteiger partial charge on any atom is -0.493 e. The fourth-order valence-electron chi connectivity index (χ4n) is 3.40. The Balaban J connectivity index is 0.00000363. The molecule has 9 heteroatoms. The Kier molecular flexibility index (Phi) is 9.31. The van der Waals surface area contributed by atoms with Gasteiger partial charge >= 0.3 is 0 Å². The van der Waals surface area contributed by atoms with E-state index in [2.05, 4.69) is 27.5 Å². The van der Waals surface area contributed by atoms with Crippen molar-refractivity contribution in [2.24, 2.45) is 0 Å². The highest BCUT2D eigenvalue weighted by Crippen LogP contribution is 2.34. The molecule has 0 atom stereocenters. The van der Waals surface area contributed by atoms with Crippen molar-refractivity contribution in [3.63, 3.8) is 0 Å². The fraction of sp³-hybridized carbons (Fsp3) is 0.391. The Morgan fingerprint density at radius 2 is 1.53 bits per heavy atom. The van der Waals surface area contributed by atoms with Gasteiger partial charge < -0.3 is 25.0 Å². The molecule has 1 fully saturated rings. The van der Waals surface area contributed by atoms with Crippen LogP contribution in [-0.4, -0.2) is 75.6 Å². The monoisotopic (exact) mass is 462 g/mol. The zero-order chi connectivity index (χ0) is 22.4. The SMILES string of the molecule is COc1cc(NC(=O)CN2CCN(C)CC2)c(C(=O)Nc2ccc(C)cc2)cc1OC.Cl. The summed E-state index contributed by atoms with van der Waals surface area (Å²) in [7, 11) is 5.09. The standard InChI is InChI=1S/C23H30N4O4.ClH/c1-16-5-7-17(8-6-16)24-23(29)18-13-20(30-3)21(31-4)14-19(18)25-22(28)15-27-11-9-26(2)10-12-27;/h5-8,13-14H,9-12,15H2,1-4H3,(H,24,29)(H,25,28);1H. The average Bonchev–Trinajstić information content (AvgIpc) is 2.76. The summed E-state index contributed by atoms with van der Waals surface area (Å²) in [4.78, 5) is 30.1. The second kappa shape index (κ2) is 11.7. The second-order valence-electron chi connectivity index (χ2n) is 7.70. The number of methoxy groups -OCH3 is 2. The summed E-state index contributed by atoms with van der Waals surface area (Å²) >= 11 is 0. The number of nitrogens with zero attached hydrogens (tertiary/aromatic N) is 2. The minimum absolute atomic E-state index is 0. The van der Waals surface area contributed by atoms with Crippen LogP contribution in [0.25, 0.3) is 0 Å². The van der Waals surface area contributed by atoms with Gasteiger partial charge in [-0.1, -0.05) is 17.7 Å². The first-order chi connectivity index (χ1) is 14.9. The molecule has 1 saturated heterocycles. The number of hydrogen-bond acceptors (Lipinski definition) is 6. The number of ether oxygens (including phenoxy) is 2. The number of aryl methyl sites for hydroxylation is 1. The molecule has 0 aromatic heterocycles. The first-order valence-corrected chi connectivity index (χ1v) is 10.2. The molecule has 2 aromatic rings. The summed E-state index contributed by atoms with van der Waals surface area (Å²) in [6, 6.07) is 10.7. The molecule has 0 saturated carbocycles. The molecule has 0 radical (unpaired) electrons. The molecule has 0 unspecified atom stereocenters. The molecule has 1 aliphatic heterocycles. The molecule has 0 spiro atoms. The number of amides is 2. The van der Waals surface area contributed by atoms with E-state index >= 15 is 0 Å². The third-order valence-electron chi connectivity index (χ3n) is 5.31. The number of nitrogens with one attached hydrogen (secondary N) is 2. The first-order valence-electron chi connectivity index (χ1n) is 10.2. The van der Waals surface area contributed by atoms with Gasteiger partial charge in [-0.25, -0.2) is 0 Å². The zero-order valence-corrected chi connectivity index (χ0v) is 19.8. The molecule has 32 heavy (non-hydrogen) atoms. The molecule has 0 bridgehead atoms. The van der Waals surface area contributed by atoms with Crippen LogP contribution in [0.4, 0.5) is 11.4 Å². The van der Waals surface area contributed by atoms with Gasteiger partial charge in [-0.15, -0.1) is 12.4 Å². The van der Waals surface area contributed by atoms with Gasteiger partial charge in [0.2, 0.25) is 5.91 Å². The van der Waals surface area contributed by atoms with Gasteiger partial charge in [-0.05, 0) is 32.2 Å². The molecular formula is C23H31ClN4O4. The molecular weight excluding hydrogens is 432 g/mol. The van der Waals surface area contributed by atoms with Crippen LogP contribution in [0.3, 0.4) is 0 Å². The number of anilines is 2. The van der Waals surface area contributed by atoms with Crippen molar-refractivity contribution in [3.05, 3.63) is 47.5 Å². The average molecular weight is 463 g/mol. The van der Waals surface area contributed by atoms with E-state index in [4.69, 9.17) is 9.47 Å². The number of hydrogen-bond donors (Lipinski definition) is 2. The Morgan fingerprint density at radius 3 is 2.12 bits per heavy atom. The van der Waals surface area contributed by atoms with E-state index in [0.717, 1.165) is 31.7 Å². The second-order valence-corrected chi connectivity index (χ2v) is 7.70. The summed E-state index contributed by atoms with van der Waals surface area (Å²) in [6.07, 6.45) is 0. The topological polar surface area (TPSA) is 83.1 Å². The van der Waals surface area contributed by atoms with Crippen molar-refractivity contribution in [1.29, 1.82) is 0 Å². The summed E-state index contributed by atoms with van der Waals surface area (Å²) in [5.74, 6) is 0.318. The molecule has 1 heterocycles. The molecule has 2 N–H and O–H groups in total. The van der Waals surface area contributed by atoms with E-state index in [1.54, 1.807) is 12.1 Å². The van der Waals surface area contributed by atoms with Gasteiger partial charge in [0.05, 0.1) is 32.0 Å². The van der Waals surface area contributed by atoms with E-state index in [-0.39, 0.29) is 30.8 Å². The lowest BCUT2D eigenvalue weighted by molar-refractivity contribution is -0.117. The van der Waals surface area contributed by atoms with Crippen LogP contribution in [0.15, 0.2) is 36.4 Å².